The average Bonchev–Trinajstić information content (AvgIpc) is 2.90. The second-order valence-corrected chi connectivity index (χ2v) is 6.05. The highest BCUT2D eigenvalue weighted by atomic mass is 16.5. The minimum Gasteiger partial charge on any atom is -0.494 e. The number of likely N-dealkylation sites (tertiary alicyclic amines) is 1. The molecule has 130 valence electrons. The van der Waals surface area contributed by atoms with Gasteiger partial charge in [0.1, 0.15) is 11.8 Å². The van der Waals surface area contributed by atoms with E-state index in [1.807, 2.05) is 68.4 Å². The van der Waals surface area contributed by atoms with Crippen LogP contribution in [0.3, 0.4) is 0 Å². The Kier molecular flexibility index (Phi) is 5.03. The summed E-state index contributed by atoms with van der Waals surface area (Å²) < 4.78 is 5.41. The molecule has 1 fully saturated rings. The highest BCUT2D eigenvalue weighted by Crippen LogP contribution is 2.28. The van der Waals surface area contributed by atoms with Crippen LogP contribution in [0.1, 0.15) is 31.9 Å². The molecule has 3 rings (SSSR count). The number of carbonyl (C=O) groups excluding carboxylic acids is 2. The summed E-state index contributed by atoms with van der Waals surface area (Å²) in [5, 5.41) is 3.16. The van der Waals surface area contributed by atoms with Crippen LogP contribution in [0.25, 0.3) is 0 Å². The van der Waals surface area contributed by atoms with E-state index in [-0.39, 0.29) is 24.3 Å². The molecule has 0 radical (unpaired) electrons. The van der Waals surface area contributed by atoms with Gasteiger partial charge in [0.05, 0.1) is 19.1 Å². The third-order valence-corrected chi connectivity index (χ3v) is 4.36. The third-order valence-electron chi connectivity index (χ3n) is 4.36. The largest absolute Gasteiger partial charge is 0.494 e. The van der Waals surface area contributed by atoms with Gasteiger partial charge < -0.3 is 10.1 Å². The van der Waals surface area contributed by atoms with Crippen molar-refractivity contribution in [2.45, 2.75) is 32.4 Å². The van der Waals surface area contributed by atoms with Gasteiger partial charge in [-0.2, -0.15) is 0 Å². The van der Waals surface area contributed by atoms with Crippen LogP contribution in [0.15, 0.2) is 54.6 Å². The number of nitrogens with one attached hydrogen (secondary N) is 1. The smallest absolute Gasteiger partial charge is 0.252 e. The van der Waals surface area contributed by atoms with Crippen molar-refractivity contribution in [3.8, 4) is 5.75 Å². The summed E-state index contributed by atoms with van der Waals surface area (Å²) in [6, 6.07) is 16.2. The Morgan fingerprint density at radius 3 is 2.44 bits per heavy atom. The topological polar surface area (TPSA) is 58.6 Å². The molecule has 0 saturated carbocycles. The summed E-state index contributed by atoms with van der Waals surface area (Å²) in [4.78, 5) is 26.5. The van der Waals surface area contributed by atoms with Gasteiger partial charge >= 0.3 is 0 Å². The van der Waals surface area contributed by atoms with E-state index >= 15 is 0 Å². The molecule has 0 bridgehead atoms. The Morgan fingerprint density at radius 1 is 1.12 bits per heavy atom. The van der Waals surface area contributed by atoms with Gasteiger partial charge in [0.15, 0.2) is 0 Å². The van der Waals surface area contributed by atoms with Crippen LogP contribution in [0.5, 0.6) is 5.75 Å². The molecule has 25 heavy (non-hydrogen) atoms. The predicted octanol–water partition coefficient (Wildman–Crippen LogP) is 3.39. The molecule has 0 unspecified atom stereocenters. The van der Waals surface area contributed by atoms with Crippen molar-refractivity contribution in [3.63, 3.8) is 0 Å². The lowest BCUT2D eigenvalue weighted by atomic mass is 10.1. The summed E-state index contributed by atoms with van der Waals surface area (Å²) >= 11 is 0. The molecule has 0 aliphatic carbocycles. The Morgan fingerprint density at radius 2 is 1.80 bits per heavy atom. The SMILES string of the molecule is CCOc1ccc(N[C@H]2CC(=O)N([C@@H](C)c3ccccc3)C2=O)cc1. The molecule has 2 aromatic carbocycles. The molecule has 1 saturated heterocycles. The Labute approximate surface area is 147 Å². The lowest BCUT2D eigenvalue weighted by Crippen LogP contribution is -2.36. The van der Waals surface area contributed by atoms with Gasteiger partial charge in [0.2, 0.25) is 5.91 Å². The Bertz CT molecular complexity index is 743. The fourth-order valence-corrected chi connectivity index (χ4v) is 3.07. The maximum absolute atomic E-state index is 12.7. The van der Waals surface area contributed by atoms with E-state index < -0.39 is 6.04 Å². The zero-order valence-electron chi connectivity index (χ0n) is 14.4. The van der Waals surface area contributed by atoms with Gasteiger partial charge in [-0.25, -0.2) is 0 Å². The van der Waals surface area contributed by atoms with E-state index in [1.54, 1.807) is 0 Å². The fourth-order valence-electron chi connectivity index (χ4n) is 3.07. The zero-order valence-corrected chi connectivity index (χ0v) is 14.4. The number of imide groups is 1. The van der Waals surface area contributed by atoms with Crippen LogP contribution in [-0.4, -0.2) is 29.4 Å². The molecule has 2 amide bonds. The van der Waals surface area contributed by atoms with Gasteiger partial charge in [-0.3, -0.25) is 14.5 Å². The Balaban J connectivity index is 1.70. The second-order valence-electron chi connectivity index (χ2n) is 6.05. The first-order valence-electron chi connectivity index (χ1n) is 8.50. The maximum atomic E-state index is 12.7. The lowest BCUT2D eigenvalue weighted by molar-refractivity contribution is -0.141. The first kappa shape index (κ1) is 17.0. The number of amides is 2. The van der Waals surface area contributed by atoms with Crippen molar-refractivity contribution in [1.29, 1.82) is 0 Å². The normalized spacial score (nSPS) is 18.3. The molecule has 5 nitrogen and oxygen atoms in total. The summed E-state index contributed by atoms with van der Waals surface area (Å²) in [6.07, 6.45) is 0.170. The number of carbonyl (C=O) groups is 2. The molecule has 5 heteroatoms. The van der Waals surface area contributed by atoms with Crippen LogP contribution in [0.4, 0.5) is 5.69 Å². The fraction of sp³-hybridized carbons (Fsp3) is 0.300. The molecule has 1 aliphatic heterocycles. The molecule has 1 aliphatic rings. The number of rotatable bonds is 6. The Hall–Kier alpha value is -2.82. The van der Waals surface area contributed by atoms with Crippen LogP contribution in [0.2, 0.25) is 0 Å². The molecular formula is C20H22N2O3. The molecule has 0 spiro atoms. The van der Waals surface area contributed by atoms with E-state index in [9.17, 15) is 9.59 Å². The van der Waals surface area contributed by atoms with Crippen LogP contribution < -0.4 is 10.1 Å². The number of ether oxygens (including phenoxy) is 1. The van der Waals surface area contributed by atoms with E-state index in [2.05, 4.69) is 5.32 Å². The average molecular weight is 338 g/mol. The van der Waals surface area contributed by atoms with Gasteiger partial charge in [-0.1, -0.05) is 30.3 Å². The van der Waals surface area contributed by atoms with E-state index in [1.165, 1.54) is 4.90 Å². The van der Waals surface area contributed by atoms with Crippen molar-refractivity contribution in [2.75, 3.05) is 11.9 Å². The van der Waals surface area contributed by atoms with Gasteiger partial charge in [0.25, 0.3) is 5.91 Å². The predicted molar refractivity (Wildman–Crippen MR) is 96.3 cm³/mol. The van der Waals surface area contributed by atoms with Crippen molar-refractivity contribution in [2.24, 2.45) is 0 Å². The van der Waals surface area contributed by atoms with E-state index in [0.717, 1.165) is 17.0 Å². The van der Waals surface area contributed by atoms with Crippen LogP contribution in [-0.2, 0) is 9.59 Å². The number of benzene rings is 2. The molecule has 2 aromatic rings. The number of nitrogens with zero attached hydrogens (tertiary/aromatic N) is 1. The standard InChI is InChI=1S/C20H22N2O3/c1-3-25-17-11-9-16(10-12-17)21-18-13-19(23)22(20(18)24)14(2)15-7-5-4-6-8-15/h4-12,14,18,21H,3,13H2,1-2H3/t14-,18-/m0/s1. The lowest BCUT2D eigenvalue weighted by Gasteiger charge is -2.23. The van der Waals surface area contributed by atoms with Crippen molar-refractivity contribution >= 4 is 17.5 Å². The quantitative estimate of drug-likeness (QED) is 0.820. The molecular weight excluding hydrogens is 316 g/mol. The molecule has 1 N–H and O–H groups in total. The van der Waals surface area contributed by atoms with Crippen molar-refractivity contribution < 1.29 is 14.3 Å². The second kappa shape index (κ2) is 7.38. The molecule has 2 atom stereocenters. The minimum atomic E-state index is -0.531. The number of anilines is 1. The minimum absolute atomic E-state index is 0.148. The monoisotopic (exact) mass is 338 g/mol. The molecule has 0 aromatic heterocycles. The van der Waals surface area contributed by atoms with Crippen molar-refractivity contribution in [3.05, 3.63) is 60.2 Å². The van der Waals surface area contributed by atoms with Gasteiger partial charge in [-0.15, -0.1) is 0 Å². The van der Waals surface area contributed by atoms with Crippen LogP contribution >= 0.6 is 0 Å². The van der Waals surface area contributed by atoms with Gasteiger partial charge in [0, 0.05) is 5.69 Å². The van der Waals surface area contributed by atoms with E-state index in [4.69, 9.17) is 4.74 Å². The zero-order chi connectivity index (χ0) is 17.8. The highest BCUT2D eigenvalue weighted by Gasteiger charge is 2.41. The highest BCUT2D eigenvalue weighted by molar-refractivity contribution is 6.07. The molecule has 1 heterocycles. The van der Waals surface area contributed by atoms with Crippen molar-refractivity contribution in [1.82, 2.24) is 4.90 Å². The number of hydrogen-bond donors (Lipinski definition) is 1. The first-order valence-corrected chi connectivity index (χ1v) is 8.50. The van der Waals surface area contributed by atoms with Crippen LogP contribution in [0, 0.1) is 0 Å². The summed E-state index contributed by atoms with van der Waals surface area (Å²) in [6.45, 7) is 4.41. The third kappa shape index (κ3) is 3.65. The summed E-state index contributed by atoms with van der Waals surface area (Å²) in [5.41, 5.74) is 1.75. The number of hydrogen-bond acceptors (Lipinski definition) is 4. The van der Waals surface area contributed by atoms with Gasteiger partial charge in [-0.05, 0) is 43.7 Å². The maximum Gasteiger partial charge on any atom is 0.252 e. The first-order chi connectivity index (χ1) is 12.1. The summed E-state index contributed by atoms with van der Waals surface area (Å²) in [7, 11) is 0. The van der Waals surface area contributed by atoms with E-state index in [0.29, 0.717) is 6.61 Å². The summed E-state index contributed by atoms with van der Waals surface area (Å²) in [5.74, 6) is 0.446.